The third kappa shape index (κ3) is 6.16. The second-order valence-electron chi connectivity index (χ2n) is 6.81. The maximum atomic E-state index is 12.0. The first kappa shape index (κ1) is 20.5. The number of esters is 1. The summed E-state index contributed by atoms with van der Waals surface area (Å²) >= 11 is 0. The van der Waals surface area contributed by atoms with Gasteiger partial charge in [0.15, 0.2) is 0 Å². The third-order valence-corrected chi connectivity index (χ3v) is 4.86. The number of carbonyl (C=O) groups excluding carboxylic acids is 1. The maximum absolute atomic E-state index is 12.0. The minimum atomic E-state index is -0.231. The Kier molecular flexibility index (Phi) is 8.67. The van der Waals surface area contributed by atoms with Crippen molar-refractivity contribution in [2.45, 2.75) is 64.5 Å². The van der Waals surface area contributed by atoms with Gasteiger partial charge in [0.05, 0.1) is 25.7 Å². The van der Waals surface area contributed by atoms with Gasteiger partial charge in [-0.3, -0.25) is 9.69 Å². The zero-order valence-corrected chi connectivity index (χ0v) is 16.0. The van der Waals surface area contributed by atoms with Crippen LogP contribution in [0.25, 0.3) is 0 Å². The van der Waals surface area contributed by atoms with Crippen LogP contribution in [0.2, 0.25) is 0 Å². The Hall–Kier alpha value is -1.83. The molecule has 0 aliphatic carbocycles. The Morgan fingerprint density at radius 2 is 2.12 bits per heavy atom. The first-order chi connectivity index (χ1) is 12.7. The van der Waals surface area contributed by atoms with Crippen LogP contribution in [0.1, 0.15) is 57.1 Å². The van der Waals surface area contributed by atoms with Crippen LogP contribution in [0.5, 0.6) is 0 Å². The fraction of sp³-hybridized carbons (Fsp3) is 0.591. The molecule has 1 aromatic rings. The molecule has 0 aromatic heterocycles. The van der Waals surface area contributed by atoms with Gasteiger partial charge >= 0.3 is 5.97 Å². The van der Waals surface area contributed by atoms with Crippen LogP contribution >= 0.6 is 0 Å². The molecule has 1 N–H and O–H groups in total. The second kappa shape index (κ2) is 11.0. The van der Waals surface area contributed by atoms with Crippen molar-refractivity contribution >= 4 is 5.97 Å². The minimum absolute atomic E-state index is 0.0835. The van der Waals surface area contributed by atoms with Crippen molar-refractivity contribution in [3.63, 3.8) is 0 Å². The maximum Gasteiger partial charge on any atom is 0.308 e. The van der Waals surface area contributed by atoms with Gasteiger partial charge in [-0.1, -0.05) is 37.3 Å². The number of rotatable bonds is 8. The van der Waals surface area contributed by atoms with Crippen molar-refractivity contribution in [1.82, 2.24) is 4.90 Å². The van der Waals surface area contributed by atoms with Crippen LogP contribution in [-0.2, 0) is 16.0 Å². The topological polar surface area (TPSA) is 49.8 Å². The highest BCUT2D eigenvalue weighted by molar-refractivity contribution is 5.70. The molecule has 1 aliphatic rings. The third-order valence-electron chi connectivity index (χ3n) is 4.86. The van der Waals surface area contributed by atoms with Crippen LogP contribution in [0, 0.1) is 11.8 Å². The highest BCUT2D eigenvalue weighted by Gasteiger charge is 2.30. The Labute approximate surface area is 157 Å². The smallest absolute Gasteiger partial charge is 0.308 e. The number of aryl methyl sites for hydroxylation is 1. The molecule has 2 rings (SSSR count). The summed E-state index contributed by atoms with van der Waals surface area (Å²) < 4.78 is 5.11. The SMILES string of the molecule is CCCCc1ccc(C#C[C@H](CC(=O)OCC)N2CCC[C@H]2CO)cc1. The molecule has 0 spiro atoms. The first-order valence-electron chi connectivity index (χ1n) is 9.80. The number of hydrogen-bond donors (Lipinski definition) is 1. The Morgan fingerprint density at radius 3 is 2.77 bits per heavy atom. The van der Waals surface area contributed by atoms with Gasteiger partial charge in [0.1, 0.15) is 0 Å². The van der Waals surface area contributed by atoms with Gasteiger partial charge in [0.25, 0.3) is 0 Å². The molecule has 1 saturated heterocycles. The predicted molar refractivity (Wildman–Crippen MR) is 104 cm³/mol. The summed E-state index contributed by atoms with van der Waals surface area (Å²) in [5.74, 6) is 6.24. The summed E-state index contributed by atoms with van der Waals surface area (Å²) in [7, 11) is 0. The number of likely N-dealkylation sites (tertiary alicyclic amines) is 1. The number of benzene rings is 1. The summed E-state index contributed by atoms with van der Waals surface area (Å²) in [6, 6.07) is 8.23. The quantitative estimate of drug-likeness (QED) is 0.573. The summed E-state index contributed by atoms with van der Waals surface area (Å²) in [5, 5.41) is 9.60. The van der Waals surface area contributed by atoms with Gasteiger partial charge in [0, 0.05) is 11.6 Å². The minimum Gasteiger partial charge on any atom is -0.466 e. The van der Waals surface area contributed by atoms with Gasteiger partial charge in [-0.05, 0) is 56.8 Å². The van der Waals surface area contributed by atoms with Crippen LogP contribution < -0.4 is 0 Å². The fourth-order valence-electron chi connectivity index (χ4n) is 3.40. The van der Waals surface area contributed by atoms with Crippen LogP contribution in [0.4, 0.5) is 0 Å². The molecule has 0 bridgehead atoms. The van der Waals surface area contributed by atoms with Gasteiger partial charge in [-0.15, -0.1) is 0 Å². The Balaban J connectivity index is 2.10. The molecule has 142 valence electrons. The molecule has 2 atom stereocenters. The Bertz CT molecular complexity index is 615. The monoisotopic (exact) mass is 357 g/mol. The van der Waals surface area contributed by atoms with Crippen molar-refractivity contribution in [2.24, 2.45) is 0 Å². The highest BCUT2D eigenvalue weighted by atomic mass is 16.5. The van der Waals surface area contributed by atoms with E-state index in [1.165, 1.54) is 18.4 Å². The van der Waals surface area contributed by atoms with Crippen LogP contribution in [0.3, 0.4) is 0 Å². The summed E-state index contributed by atoms with van der Waals surface area (Å²) in [6.07, 6.45) is 5.71. The Morgan fingerprint density at radius 1 is 1.35 bits per heavy atom. The lowest BCUT2D eigenvalue weighted by Crippen LogP contribution is -2.41. The molecule has 0 saturated carbocycles. The zero-order valence-electron chi connectivity index (χ0n) is 16.0. The molecule has 4 heteroatoms. The molecule has 1 heterocycles. The van der Waals surface area contributed by atoms with E-state index in [-0.39, 0.29) is 31.1 Å². The summed E-state index contributed by atoms with van der Waals surface area (Å²) in [5.41, 5.74) is 2.29. The van der Waals surface area contributed by atoms with Crippen molar-refractivity contribution < 1.29 is 14.6 Å². The van der Waals surface area contributed by atoms with Crippen molar-refractivity contribution in [2.75, 3.05) is 19.8 Å². The molecule has 4 nitrogen and oxygen atoms in total. The fourth-order valence-corrected chi connectivity index (χ4v) is 3.40. The number of aliphatic hydroxyl groups excluding tert-OH is 1. The average Bonchev–Trinajstić information content (AvgIpc) is 3.13. The van der Waals surface area contributed by atoms with E-state index in [0.29, 0.717) is 6.61 Å². The summed E-state index contributed by atoms with van der Waals surface area (Å²) in [4.78, 5) is 14.1. The number of unbranched alkanes of at least 4 members (excludes halogenated alkanes) is 1. The van der Waals surface area contributed by atoms with Crippen molar-refractivity contribution in [3.05, 3.63) is 35.4 Å². The van der Waals surface area contributed by atoms with Crippen molar-refractivity contribution in [1.29, 1.82) is 0 Å². The largest absolute Gasteiger partial charge is 0.466 e. The van der Waals surface area contributed by atoms with Crippen molar-refractivity contribution in [3.8, 4) is 11.8 Å². The zero-order chi connectivity index (χ0) is 18.8. The standard InChI is InChI=1S/C22H31NO3/c1-3-5-7-18-9-11-19(12-10-18)13-14-20(16-22(25)26-4-2)23-15-6-8-21(23)17-24/h9-12,20-21,24H,3-8,15-17H2,1-2H3/t20-,21+/m1/s1. The number of ether oxygens (including phenoxy) is 1. The lowest BCUT2D eigenvalue weighted by molar-refractivity contribution is -0.144. The molecular weight excluding hydrogens is 326 g/mol. The van der Waals surface area contributed by atoms with E-state index in [4.69, 9.17) is 4.74 Å². The van der Waals surface area contributed by atoms with E-state index in [1.54, 1.807) is 0 Å². The average molecular weight is 357 g/mol. The number of nitrogens with zero attached hydrogens (tertiary/aromatic N) is 1. The van der Waals surface area contributed by atoms with Crippen LogP contribution in [0.15, 0.2) is 24.3 Å². The second-order valence-corrected chi connectivity index (χ2v) is 6.81. The molecular formula is C22H31NO3. The molecule has 1 aliphatic heterocycles. The lowest BCUT2D eigenvalue weighted by Gasteiger charge is -2.28. The highest BCUT2D eigenvalue weighted by Crippen LogP contribution is 2.21. The number of aliphatic hydroxyl groups is 1. The lowest BCUT2D eigenvalue weighted by atomic mass is 10.1. The van der Waals surface area contributed by atoms with E-state index in [2.05, 4.69) is 35.8 Å². The first-order valence-corrected chi connectivity index (χ1v) is 9.80. The van der Waals surface area contributed by atoms with Crippen LogP contribution in [-0.4, -0.2) is 47.8 Å². The van der Waals surface area contributed by atoms with E-state index < -0.39 is 0 Å². The molecule has 1 aromatic carbocycles. The van der Waals surface area contributed by atoms with E-state index in [9.17, 15) is 9.90 Å². The molecule has 1 fully saturated rings. The van der Waals surface area contributed by atoms with Gasteiger partial charge in [-0.25, -0.2) is 0 Å². The summed E-state index contributed by atoms with van der Waals surface area (Å²) in [6.45, 7) is 5.35. The van der Waals surface area contributed by atoms with E-state index in [1.807, 2.05) is 19.1 Å². The van der Waals surface area contributed by atoms with Gasteiger partial charge < -0.3 is 9.84 Å². The molecule has 0 unspecified atom stereocenters. The number of carbonyl (C=O) groups is 1. The van der Waals surface area contributed by atoms with Gasteiger partial charge in [-0.2, -0.15) is 0 Å². The molecule has 26 heavy (non-hydrogen) atoms. The predicted octanol–water partition coefficient (Wildman–Crippen LogP) is 3.16. The normalized spacial score (nSPS) is 18.2. The van der Waals surface area contributed by atoms with Gasteiger partial charge in [0.2, 0.25) is 0 Å². The number of hydrogen-bond acceptors (Lipinski definition) is 4. The molecule has 0 radical (unpaired) electrons. The van der Waals surface area contributed by atoms with E-state index in [0.717, 1.165) is 31.4 Å². The molecule has 0 amide bonds. The van der Waals surface area contributed by atoms with E-state index >= 15 is 0 Å².